The number of hydrogen-bond acceptors (Lipinski definition) is 7. The van der Waals surface area contributed by atoms with Crippen molar-refractivity contribution >= 4 is 15.9 Å². The molecule has 0 aromatic heterocycles. The van der Waals surface area contributed by atoms with Crippen molar-refractivity contribution in [3.05, 3.63) is 47.5 Å². The van der Waals surface area contributed by atoms with Crippen molar-refractivity contribution < 1.29 is 27.4 Å². The summed E-state index contributed by atoms with van der Waals surface area (Å²) in [5, 5.41) is 0. The Morgan fingerprint density at radius 1 is 0.941 bits per heavy atom. The number of rotatable bonds is 6. The quantitative estimate of drug-likeness (QED) is 0.617. The molecule has 34 heavy (non-hydrogen) atoms. The molecule has 0 radical (unpaired) electrons. The Morgan fingerprint density at radius 2 is 1.68 bits per heavy atom. The molecule has 182 valence electrons. The van der Waals surface area contributed by atoms with Crippen LogP contribution in [0, 0.1) is 0 Å². The molecule has 0 aliphatic carbocycles. The number of ether oxygens (including phenoxy) is 3. The van der Waals surface area contributed by atoms with E-state index in [0.29, 0.717) is 45.0 Å². The number of hydrogen-bond donors (Lipinski definition) is 0. The second-order valence-electron chi connectivity index (χ2n) is 8.73. The van der Waals surface area contributed by atoms with Gasteiger partial charge in [-0.05, 0) is 48.7 Å². The Morgan fingerprint density at radius 3 is 2.41 bits per heavy atom. The zero-order valence-corrected chi connectivity index (χ0v) is 20.1. The standard InChI is InChI=1S/C24H29N3O6S/c1-31-21-7-5-19(34(29,30)27-8-2-3-9-27)15-20(21)24(28)26-12-10-25(11-13-26)16-18-4-6-22-23(14-18)33-17-32-22/h4-7,14-15H,2-3,8-13,16-17H2,1H3. The summed E-state index contributed by atoms with van der Waals surface area (Å²) in [5.74, 6) is 1.70. The molecule has 0 saturated carbocycles. The van der Waals surface area contributed by atoms with Crippen LogP contribution >= 0.6 is 0 Å². The summed E-state index contributed by atoms with van der Waals surface area (Å²) in [7, 11) is -2.13. The molecule has 3 heterocycles. The highest BCUT2D eigenvalue weighted by molar-refractivity contribution is 7.89. The van der Waals surface area contributed by atoms with Crippen molar-refractivity contribution in [1.82, 2.24) is 14.1 Å². The van der Waals surface area contributed by atoms with Crippen LogP contribution in [0.25, 0.3) is 0 Å². The maximum Gasteiger partial charge on any atom is 0.257 e. The SMILES string of the molecule is COc1ccc(S(=O)(=O)N2CCCC2)cc1C(=O)N1CCN(Cc2ccc3c(c2)OCO3)CC1. The van der Waals surface area contributed by atoms with Crippen LogP contribution in [0.2, 0.25) is 0 Å². The number of nitrogens with zero attached hydrogens (tertiary/aromatic N) is 3. The first-order valence-electron chi connectivity index (χ1n) is 11.5. The van der Waals surface area contributed by atoms with Crippen LogP contribution in [0.4, 0.5) is 0 Å². The van der Waals surface area contributed by atoms with E-state index in [-0.39, 0.29) is 23.2 Å². The smallest absolute Gasteiger partial charge is 0.257 e. The van der Waals surface area contributed by atoms with Gasteiger partial charge in [0.05, 0.1) is 17.6 Å². The summed E-state index contributed by atoms with van der Waals surface area (Å²) in [4.78, 5) is 17.5. The molecule has 0 N–H and O–H groups in total. The number of sulfonamides is 1. The van der Waals surface area contributed by atoms with Gasteiger partial charge in [-0.15, -0.1) is 0 Å². The van der Waals surface area contributed by atoms with E-state index in [4.69, 9.17) is 14.2 Å². The van der Waals surface area contributed by atoms with Crippen LogP contribution in [0.5, 0.6) is 17.2 Å². The number of amides is 1. The fourth-order valence-electron chi connectivity index (χ4n) is 4.67. The Balaban J connectivity index is 1.26. The topological polar surface area (TPSA) is 88.6 Å². The number of piperazine rings is 1. The highest BCUT2D eigenvalue weighted by atomic mass is 32.2. The van der Waals surface area contributed by atoms with Gasteiger partial charge in [0.25, 0.3) is 5.91 Å². The van der Waals surface area contributed by atoms with Crippen molar-refractivity contribution in [1.29, 1.82) is 0 Å². The Kier molecular flexibility index (Phi) is 6.37. The van der Waals surface area contributed by atoms with Gasteiger partial charge >= 0.3 is 0 Å². The molecule has 5 rings (SSSR count). The Bertz CT molecular complexity index is 1170. The van der Waals surface area contributed by atoms with Gasteiger partial charge in [-0.1, -0.05) is 6.07 Å². The van der Waals surface area contributed by atoms with E-state index >= 15 is 0 Å². The zero-order chi connectivity index (χ0) is 23.7. The summed E-state index contributed by atoms with van der Waals surface area (Å²) in [5.41, 5.74) is 1.41. The first-order chi connectivity index (χ1) is 16.5. The molecule has 0 spiro atoms. The van der Waals surface area contributed by atoms with Gasteiger partial charge in [-0.3, -0.25) is 9.69 Å². The van der Waals surface area contributed by atoms with Gasteiger partial charge < -0.3 is 19.1 Å². The molecule has 2 aromatic rings. The molecule has 10 heteroatoms. The number of benzene rings is 2. The lowest BCUT2D eigenvalue weighted by molar-refractivity contribution is 0.0625. The van der Waals surface area contributed by atoms with Crippen LogP contribution in [-0.2, 0) is 16.6 Å². The summed E-state index contributed by atoms with van der Waals surface area (Å²) in [6.07, 6.45) is 1.72. The van der Waals surface area contributed by atoms with E-state index in [2.05, 4.69) is 4.90 Å². The van der Waals surface area contributed by atoms with Crippen molar-refractivity contribution in [2.75, 3.05) is 53.2 Å². The second-order valence-corrected chi connectivity index (χ2v) is 10.7. The van der Waals surface area contributed by atoms with Crippen LogP contribution in [0.3, 0.4) is 0 Å². The van der Waals surface area contributed by atoms with E-state index < -0.39 is 10.0 Å². The largest absolute Gasteiger partial charge is 0.496 e. The van der Waals surface area contributed by atoms with Gasteiger partial charge in [0, 0.05) is 45.8 Å². The number of methoxy groups -OCH3 is 1. The van der Waals surface area contributed by atoms with E-state index in [0.717, 1.165) is 36.4 Å². The average Bonchev–Trinajstić information content (AvgIpc) is 3.56. The fraction of sp³-hybridized carbons (Fsp3) is 0.458. The molecule has 0 atom stereocenters. The molecular weight excluding hydrogens is 458 g/mol. The fourth-order valence-corrected chi connectivity index (χ4v) is 6.21. The van der Waals surface area contributed by atoms with Crippen LogP contribution in [0.15, 0.2) is 41.3 Å². The minimum absolute atomic E-state index is 0.139. The number of carbonyl (C=O) groups excluding carboxylic acids is 1. The summed E-state index contributed by atoms with van der Waals surface area (Å²) in [6, 6.07) is 10.5. The lowest BCUT2D eigenvalue weighted by atomic mass is 10.1. The predicted molar refractivity (Wildman–Crippen MR) is 125 cm³/mol. The molecule has 9 nitrogen and oxygen atoms in total. The van der Waals surface area contributed by atoms with E-state index in [9.17, 15) is 13.2 Å². The molecule has 3 aliphatic heterocycles. The maximum absolute atomic E-state index is 13.4. The predicted octanol–water partition coefficient (Wildman–Crippen LogP) is 2.17. The summed E-state index contributed by atoms with van der Waals surface area (Å²) < 4.78 is 43.7. The van der Waals surface area contributed by atoms with E-state index in [1.165, 1.54) is 23.5 Å². The number of carbonyl (C=O) groups is 1. The van der Waals surface area contributed by atoms with Crippen molar-refractivity contribution in [3.63, 3.8) is 0 Å². The highest BCUT2D eigenvalue weighted by Gasteiger charge is 2.30. The minimum Gasteiger partial charge on any atom is -0.496 e. The molecule has 0 unspecified atom stereocenters. The van der Waals surface area contributed by atoms with Gasteiger partial charge in [0.2, 0.25) is 16.8 Å². The number of fused-ring (bicyclic) bond motifs is 1. The monoisotopic (exact) mass is 487 g/mol. The summed E-state index contributed by atoms with van der Waals surface area (Å²) in [6.45, 7) is 4.58. The van der Waals surface area contributed by atoms with Crippen LogP contribution < -0.4 is 14.2 Å². The highest BCUT2D eigenvalue weighted by Crippen LogP contribution is 2.33. The molecule has 0 bridgehead atoms. The lowest BCUT2D eigenvalue weighted by Crippen LogP contribution is -2.48. The van der Waals surface area contributed by atoms with Crippen molar-refractivity contribution in [2.24, 2.45) is 0 Å². The van der Waals surface area contributed by atoms with Crippen LogP contribution in [0.1, 0.15) is 28.8 Å². The Labute approximate surface area is 199 Å². The zero-order valence-electron chi connectivity index (χ0n) is 19.2. The third-order valence-corrected chi connectivity index (χ3v) is 8.50. The van der Waals surface area contributed by atoms with E-state index in [1.807, 2.05) is 18.2 Å². The average molecular weight is 488 g/mol. The van der Waals surface area contributed by atoms with Gasteiger partial charge in [-0.2, -0.15) is 4.31 Å². The van der Waals surface area contributed by atoms with E-state index in [1.54, 1.807) is 11.0 Å². The Hall–Kier alpha value is -2.82. The van der Waals surface area contributed by atoms with Crippen molar-refractivity contribution in [2.45, 2.75) is 24.3 Å². The molecule has 1 amide bonds. The molecular formula is C24H29N3O6S. The second kappa shape index (κ2) is 9.44. The maximum atomic E-state index is 13.4. The van der Waals surface area contributed by atoms with Gasteiger partial charge in [0.15, 0.2) is 11.5 Å². The first-order valence-corrected chi connectivity index (χ1v) is 13.0. The molecule has 2 saturated heterocycles. The van der Waals surface area contributed by atoms with Gasteiger partial charge in [0.1, 0.15) is 5.75 Å². The third-order valence-electron chi connectivity index (χ3n) is 6.61. The lowest BCUT2D eigenvalue weighted by Gasteiger charge is -2.35. The first kappa shape index (κ1) is 22.9. The van der Waals surface area contributed by atoms with Gasteiger partial charge in [-0.25, -0.2) is 8.42 Å². The molecule has 3 aliphatic rings. The van der Waals surface area contributed by atoms with Crippen LogP contribution in [-0.4, -0.2) is 81.6 Å². The minimum atomic E-state index is -3.62. The molecule has 2 fully saturated rings. The normalized spacial score (nSPS) is 18.9. The van der Waals surface area contributed by atoms with Crippen molar-refractivity contribution in [3.8, 4) is 17.2 Å². The summed E-state index contributed by atoms with van der Waals surface area (Å²) >= 11 is 0. The third kappa shape index (κ3) is 4.45. The molecule has 2 aromatic carbocycles.